The van der Waals surface area contributed by atoms with Gasteiger partial charge in [-0.15, -0.1) is 0 Å². The highest BCUT2D eigenvalue weighted by Crippen LogP contribution is 2.41. The number of oxime groups is 1. The van der Waals surface area contributed by atoms with E-state index in [1.165, 1.54) is 27.0 Å². The number of hydrogen-bond donors (Lipinski definition) is 3. The first-order valence-corrected chi connectivity index (χ1v) is 21.0. The Balaban J connectivity index is 1.68. The van der Waals surface area contributed by atoms with Crippen molar-refractivity contribution in [3.63, 3.8) is 0 Å². The zero-order valence-corrected chi connectivity index (χ0v) is 37.5. The lowest BCUT2D eigenvalue weighted by molar-refractivity contribution is -0.296. The zero-order chi connectivity index (χ0) is 46.1. The molecule has 3 aliphatic heterocycles. The van der Waals surface area contributed by atoms with Gasteiger partial charge in [0, 0.05) is 35.9 Å². The van der Waals surface area contributed by atoms with Crippen molar-refractivity contribution in [2.24, 2.45) is 33.6 Å². The number of cyclic esters (lactones) is 1. The van der Waals surface area contributed by atoms with Crippen molar-refractivity contribution >= 4 is 46.0 Å². The Kier molecular flexibility index (Phi) is 15.1. The molecule has 0 unspecified atom stereocenters. The average Bonchev–Trinajstić information content (AvgIpc) is 3.62. The molecule has 2 aromatic rings. The van der Waals surface area contributed by atoms with Gasteiger partial charge >= 0.3 is 12.0 Å². The number of aliphatic hydroxyl groups excluding tert-OH is 1. The van der Waals surface area contributed by atoms with Crippen molar-refractivity contribution in [3.05, 3.63) is 30.0 Å². The second kappa shape index (κ2) is 19.2. The van der Waals surface area contributed by atoms with Gasteiger partial charge in [0.15, 0.2) is 12.1 Å². The molecule has 0 radical (unpaired) electrons. The maximum Gasteiger partial charge on any atom is 0.351 e. The number of nitrogens with zero attached hydrogens (tertiary/aromatic N) is 5. The van der Waals surface area contributed by atoms with Gasteiger partial charge in [0.25, 0.3) is 5.67 Å². The van der Waals surface area contributed by atoms with E-state index in [-0.39, 0.29) is 38.4 Å². The van der Waals surface area contributed by atoms with Crippen molar-refractivity contribution in [3.8, 4) is 0 Å². The van der Waals surface area contributed by atoms with E-state index in [1.807, 2.05) is 11.8 Å². The molecule has 2 bridgehead atoms. The molecule has 13 atom stereocenters. The first-order chi connectivity index (χ1) is 28.9. The van der Waals surface area contributed by atoms with E-state index >= 15 is 4.39 Å². The number of primary amides is 1. The molecule has 0 spiro atoms. The summed E-state index contributed by atoms with van der Waals surface area (Å²) >= 11 is 0. The number of ketones is 1. The molecule has 3 aliphatic rings. The predicted molar refractivity (Wildman–Crippen MR) is 224 cm³/mol. The highest BCUT2D eigenvalue weighted by atomic mass is 19.1. The van der Waals surface area contributed by atoms with Crippen LogP contribution in [-0.4, -0.2) is 147 Å². The Morgan fingerprint density at radius 2 is 1.81 bits per heavy atom. The van der Waals surface area contributed by atoms with Crippen LogP contribution in [0, 0.1) is 17.8 Å². The number of aliphatic imine (C=N–C) groups is 1. The number of carbonyl (C=O) groups is 4. The van der Waals surface area contributed by atoms with E-state index in [1.54, 1.807) is 60.0 Å². The van der Waals surface area contributed by atoms with Gasteiger partial charge in [-0.1, -0.05) is 45.0 Å². The van der Waals surface area contributed by atoms with E-state index in [0.717, 1.165) is 11.6 Å². The van der Waals surface area contributed by atoms with E-state index in [2.05, 4.69) is 15.2 Å². The molecular weight excluding hydrogens is 812 g/mol. The van der Waals surface area contributed by atoms with Crippen LogP contribution in [0.25, 0.3) is 10.9 Å². The highest BCUT2D eigenvalue weighted by molar-refractivity contribution is 6.08. The molecule has 19 heteroatoms. The Morgan fingerprint density at radius 3 is 2.44 bits per heavy atom. The van der Waals surface area contributed by atoms with Gasteiger partial charge in [0.1, 0.15) is 30.1 Å². The first kappa shape index (κ1) is 48.8. The van der Waals surface area contributed by atoms with Gasteiger partial charge in [-0.25, -0.2) is 19.0 Å². The Hall–Kier alpha value is -4.24. The molecule has 3 fully saturated rings. The molecule has 2 amide bonds. The van der Waals surface area contributed by atoms with Crippen LogP contribution < -0.4 is 5.73 Å². The number of alkyl halides is 1. The van der Waals surface area contributed by atoms with Crippen molar-refractivity contribution in [2.45, 2.75) is 148 Å². The molecule has 0 aliphatic carbocycles. The van der Waals surface area contributed by atoms with Gasteiger partial charge in [-0.2, -0.15) is 9.78 Å². The molecule has 62 heavy (non-hydrogen) atoms. The Labute approximate surface area is 361 Å². The number of aliphatic hydroxyl groups is 2. The molecule has 344 valence electrons. The molecule has 4 heterocycles. The van der Waals surface area contributed by atoms with Gasteiger partial charge in [-0.3, -0.25) is 9.59 Å². The minimum Gasteiger partial charge on any atom is -0.457 e. The van der Waals surface area contributed by atoms with Gasteiger partial charge < -0.3 is 49.4 Å². The molecular formula is C43H63FN6O12. The predicted octanol–water partition coefficient (Wildman–Crippen LogP) is 3.49. The second-order valence-electron chi connectivity index (χ2n) is 17.8. The molecule has 0 saturated carbocycles. The number of amides is 2. The van der Waals surface area contributed by atoms with Crippen LogP contribution in [0.5, 0.6) is 0 Å². The number of halogens is 1. The van der Waals surface area contributed by atoms with Gasteiger partial charge in [0.05, 0.1) is 48.8 Å². The summed E-state index contributed by atoms with van der Waals surface area (Å²) in [6, 6.07) is 4.00. The molecule has 4 N–H and O–H groups in total. The number of rotatable bonds is 7. The Morgan fingerprint density at radius 1 is 1.11 bits per heavy atom. The lowest BCUT2D eigenvalue weighted by Gasteiger charge is -2.47. The Bertz CT molecular complexity index is 2040. The molecule has 3 saturated heterocycles. The maximum absolute atomic E-state index is 16.9. The SMILES string of the molecule is CC[C@H]1OC(=O)[C@@](C)(F)C(=O)[C@H](C)[C@@H](O[C@@H]2O[C@H](C)C[C@H](N(C)C)[C@H]2O)[C@@]2(C)C[C@@H](C)C(=NC(C)=O)[C@H](C)[C@@H](OC/C(=N\OCc3ccc4cnn(C(N)=O)c4c3)CO2)[C@]1(C)O. The summed E-state index contributed by atoms with van der Waals surface area (Å²) in [4.78, 5) is 65.2. The van der Waals surface area contributed by atoms with Crippen LogP contribution in [0.4, 0.5) is 9.18 Å². The number of likely N-dealkylation sites (N-methyl/N-ethyl adjacent to an activating group) is 1. The number of aromatic nitrogens is 2. The molecule has 1 aromatic heterocycles. The lowest BCUT2D eigenvalue weighted by atomic mass is 9.73. The number of nitrogens with two attached hydrogens (primary N) is 1. The van der Waals surface area contributed by atoms with Crippen LogP contribution in [-0.2, 0) is 49.5 Å². The minimum atomic E-state index is -3.24. The summed E-state index contributed by atoms with van der Waals surface area (Å²) < 4.78 is 49.8. The smallest absolute Gasteiger partial charge is 0.351 e. The quantitative estimate of drug-likeness (QED) is 0.205. The van der Waals surface area contributed by atoms with Crippen LogP contribution in [0.1, 0.15) is 87.1 Å². The second-order valence-corrected chi connectivity index (χ2v) is 17.8. The van der Waals surface area contributed by atoms with Crippen LogP contribution in [0.3, 0.4) is 0 Å². The van der Waals surface area contributed by atoms with Crippen molar-refractivity contribution in [1.82, 2.24) is 14.7 Å². The third kappa shape index (κ3) is 10.2. The number of esters is 1. The fraction of sp³-hybridized carbons (Fsp3) is 0.698. The number of hydrogen-bond acceptors (Lipinski definition) is 15. The third-order valence-corrected chi connectivity index (χ3v) is 12.4. The fourth-order valence-corrected chi connectivity index (χ4v) is 9.14. The molecule has 1 aromatic carbocycles. The van der Waals surface area contributed by atoms with Crippen LogP contribution in [0.15, 0.2) is 34.5 Å². The van der Waals surface area contributed by atoms with Crippen molar-refractivity contribution < 1.29 is 62.3 Å². The maximum atomic E-state index is 16.9. The third-order valence-electron chi connectivity index (χ3n) is 12.4. The number of Topliss-reactive ketones (excluding diaryl/α,β-unsaturated/α-hetero) is 1. The summed E-state index contributed by atoms with van der Waals surface area (Å²) in [5.41, 5.74) is 0.0966. The van der Waals surface area contributed by atoms with Crippen LogP contribution in [0.2, 0.25) is 0 Å². The summed E-state index contributed by atoms with van der Waals surface area (Å²) in [6.45, 7) is 12.7. The van der Waals surface area contributed by atoms with E-state index in [0.29, 0.717) is 28.6 Å². The summed E-state index contributed by atoms with van der Waals surface area (Å²) in [6.07, 6.45) is -5.20. The van der Waals surface area contributed by atoms with Crippen molar-refractivity contribution in [1.29, 1.82) is 0 Å². The highest BCUT2D eigenvalue weighted by Gasteiger charge is 2.56. The molecule has 5 rings (SSSR count). The summed E-state index contributed by atoms with van der Waals surface area (Å²) in [7, 11) is 3.61. The average molecular weight is 875 g/mol. The minimum absolute atomic E-state index is 0.0254. The summed E-state index contributed by atoms with van der Waals surface area (Å²) in [5, 5.41) is 33.1. The van der Waals surface area contributed by atoms with E-state index < -0.39 is 101 Å². The van der Waals surface area contributed by atoms with E-state index in [9.17, 15) is 29.4 Å². The van der Waals surface area contributed by atoms with Crippen molar-refractivity contribution in [2.75, 3.05) is 27.3 Å². The summed E-state index contributed by atoms with van der Waals surface area (Å²) in [5.74, 6) is -6.25. The van der Waals surface area contributed by atoms with Gasteiger partial charge in [-0.05, 0) is 78.6 Å². The monoisotopic (exact) mass is 874 g/mol. The lowest BCUT2D eigenvalue weighted by Crippen LogP contribution is -2.61. The number of ether oxygens (including phenoxy) is 5. The number of fused-ring (bicyclic) bond motifs is 6. The number of carbonyl (C=O) groups excluding carboxylic acids is 4. The number of benzene rings is 1. The van der Waals surface area contributed by atoms with Crippen LogP contribution >= 0.6 is 0 Å². The zero-order valence-electron chi connectivity index (χ0n) is 37.5. The standard InChI is InChI=1S/C43H63FN6O12/c1-12-32-43(9,56)37-24(4)33(47-26(6)51)22(2)17-41(7,58-21-29(20-57-37)48-59-19-27-13-14-28-18-46-50(40(45)55)30(28)16-27)36(25(5)35(53)42(8,44)39(54)61-32)62-38-34(52)31(49(10)11)15-23(3)60-38/h13-14,16,18,22-25,31-32,34,36-38,52,56H,12,15,17,19-21H2,1-11H3,(H2,45,55)/b47-33?,48-29+/t22-,23-,24+,25+,31+,32-,34-,36-,37-,38+,41-,42+,43-/m1/s1. The first-order valence-electron chi connectivity index (χ1n) is 21.0. The van der Waals surface area contributed by atoms with E-state index in [4.69, 9.17) is 34.3 Å². The topological polar surface area (TPSA) is 236 Å². The molecule has 18 nitrogen and oxygen atoms in total. The normalized spacial score (nSPS) is 38.0. The van der Waals surface area contributed by atoms with Gasteiger partial charge in [0.2, 0.25) is 5.91 Å². The largest absolute Gasteiger partial charge is 0.457 e. The fourth-order valence-electron chi connectivity index (χ4n) is 9.14.